The summed E-state index contributed by atoms with van der Waals surface area (Å²) >= 11 is 0. The molecule has 152 valence electrons. The summed E-state index contributed by atoms with van der Waals surface area (Å²) in [6.45, 7) is 3.63. The molecule has 4 aromatic carbocycles. The fourth-order valence-electron chi connectivity index (χ4n) is 3.78. The first kappa shape index (κ1) is 20.2. The number of ether oxygens (including phenoxy) is 1. The van der Waals surface area contributed by atoms with E-state index in [0.717, 1.165) is 25.1 Å². The average Bonchev–Trinajstić information content (AvgIpc) is 2.81. The van der Waals surface area contributed by atoms with Gasteiger partial charge in [-0.05, 0) is 47.7 Å². The first-order valence-corrected chi connectivity index (χ1v) is 10.7. The zero-order valence-electron chi connectivity index (χ0n) is 17.6. The second kappa shape index (κ2) is 10.1. The summed E-state index contributed by atoms with van der Waals surface area (Å²) in [6, 6.07) is 34.3. The number of benzene rings is 4. The Hall–Kier alpha value is -3.10. The lowest BCUT2D eigenvalue weighted by Crippen LogP contribution is -2.26. The van der Waals surface area contributed by atoms with Crippen LogP contribution in [0.15, 0.2) is 97.1 Å². The van der Waals surface area contributed by atoms with Gasteiger partial charge in [0.2, 0.25) is 0 Å². The molecule has 0 saturated heterocycles. The molecule has 2 nitrogen and oxygen atoms in total. The van der Waals surface area contributed by atoms with Crippen molar-refractivity contribution in [1.82, 2.24) is 5.32 Å². The van der Waals surface area contributed by atoms with Crippen molar-refractivity contribution in [3.63, 3.8) is 0 Å². The van der Waals surface area contributed by atoms with Gasteiger partial charge in [-0.15, -0.1) is 0 Å². The molecule has 0 spiro atoms. The zero-order valence-corrected chi connectivity index (χ0v) is 17.6. The van der Waals surface area contributed by atoms with E-state index >= 15 is 0 Å². The third-order valence-corrected chi connectivity index (χ3v) is 5.57. The Bertz CT molecular complexity index is 1060. The van der Waals surface area contributed by atoms with Crippen LogP contribution in [0.1, 0.15) is 30.0 Å². The number of hydrogen-bond donors (Lipinski definition) is 1. The molecule has 0 aliphatic rings. The summed E-state index contributed by atoms with van der Waals surface area (Å²) in [4.78, 5) is 0. The monoisotopic (exact) mass is 395 g/mol. The van der Waals surface area contributed by atoms with Crippen LogP contribution in [-0.2, 0) is 19.6 Å². The van der Waals surface area contributed by atoms with Crippen molar-refractivity contribution >= 4 is 10.8 Å². The molecule has 0 heterocycles. The number of hydrogen-bond acceptors (Lipinski definition) is 2. The molecular weight excluding hydrogens is 366 g/mol. The summed E-state index contributed by atoms with van der Waals surface area (Å²) in [5.41, 5.74) is 3.81. The highest BCUT2D eigenvalue weighted by Gasteiger charge is 2.11. The molecule has 4 rings (SSSR count). The van der Waals surface area contributed by atoms with E-state index in [1.165, 1.54) is 27.5 Å². The third-order valence-electron chi connectivity index (χ3n) is 5.57. The lowest BCUT2D eigenvalue weighted by molar-refractivity contribution is 0.302. The van der Waals surface area contributed by atoms with Gasteiger partial charge in [0.25, 0.3) is 0 Å². The average molecular weight is 396 g/mol. The summed E-state index contributed by atoms with van der Waals surface area (Å²) in [7, 11) is 0. The van der Waals surface area contributed by atoms with Gasteiger partial charge in [0.15, 0.2) is 0 Å². The first-order valence-electron chi connectivity index (χ1n) is 10.7. The fraction of sp³-hybridized carbons (Fsp3) is 0.214. The molecule has 2 heteroatoms. The standard InChI is InChI=1S/C28H29NO/c1-22(16-17-23-10-4-2-5-11-23)29-20-27-26-15-9-8-14-25(26)18-19-28(27)30-21-24-12-6-3-7-13-24/h2-15,18-19,22,29H,16-17,20-21H2,1H3/t22-/m0/s1. The van der Waals surface area contributed by atoms with Crippen LogP contribution < -0.4 is 10.1 Å². The van der Waals surface area contributed by atoms with E-state index in [4.69, 9.17) is 4.74 Å². The maximum absolute atomic E-state index is 6.25. The van der Waals surface area contributed by atoms with E-state index in [1.807, 2.05) is 6.07 Å². The lowest BCUT2D eigenvalue weighted by Gasteiger charge is -2.18. The van der Waals surface area contributed by atoms with Crippen molar-refractivity contribution in [2.75, 3.05) is 0 Å². The van der Waals surface area contributed by atoms with Crippen LogP contribution in [0.4, 0.5) is 0 Å². The van der Waals surface area contributed by atoms with Crippen LogP contribution in [0.2, 0.25) is 0 Å². The molecule has 0 aliphatic carbocycles. The largest absolute Gasteiger partial charge is 0.489 e. The molecule has 0 unspecified atom stereocenters. The Morgan fingerprint density at radius 3 is 2.17 bits per heavy atom. The predicted molar refractivity (Wildman–Crippen MR) is 126 cm³/mol. The molecule has 0 amide bonds. The highest BCUT2D eigenvalue weighted by molar-refractivity contribution is 5.87. The van der Waals surface area contributed by atoms with Crippen LogP contribution in [0.3, 0.4) is 0 Å². The van der Waals surface area contributed by atoms with Crippen LogP contribution in [0, 0.1) is 0 Å². The Morgan fingerprint density at radius 1 is 0.733 bits per heavy atom. The summed E-state index contributed by atoms with van der Waals surface area (Å²) in [6.07, 6.45) is 2.19. The quantitative estimate of drug-likeness (QED) is 0.348. The number of rotatable bonds is 9. The van der Waals surface area contributed by atoms with Crippen molar-refractivity contribution in [3.05, 3.63) is 114 Å². The van der Waals surface area contributed by atoms with Crippen molar-refractivity contribution in [2.45, 2.75) is 39.0 Å². The van der Waals surface area contributed by atoms with E-state index in [1.54, 1.807) is 0 Å². The SMILES string of the molecule is C[C@@H](CCc1ccccc1)NCc1c(OCc2ccccc2)ccc2ccccc12. The van der Waals surface area contributed by atoms with Crippen LogP contribution in [0.5, 0.6) is 5.75 Å². The molecule has 0 aliphatic heterocycles. The smallest absolute Gasteiger partial charge is 0.124 e. The second-order valence-corrected chi connectivity index (χ2v) is 7.84. The van der Waals surface area contributed by atoms with Crippen LogP contribution in [0.25, 0.3) is 10.8 Å². The molecule has 0 saturated carbocycles. The number of aryl methyl sites for hydroxylation is 1. The maximum atomic E-state index is 6.25. The summed E-state index contributed by atoms with van der Waals surface area (Å²) in [5, 5.41) is 6.22. The van der Waals surface area contributed by atoms with Gasteiger partial charge < -0.3 is 10.1 Å². The molecule has 1 atom stereocenters. The molecule has 0 fully saturated rings. The van der Waals surface area contributed by atoms with Crippen LogP contribution >= 0.6 is 0 Å². The first-order chi connectivity index (χ1) is 14.8. The van der Waals surface area contributed by atoms with Gasteiger partial charge in [-0.3, -0.25) is 0 Å². The maximum Gasteiger partial charge on any atom is 0.124 e. The van der Waals surface area contributed by atoms with Crippen molar-refractivity contribution in [3.8, 4) is 5.75 Å². The number of nitrogens with one attached hydrogen (secondary N) is 1. The second-order valence-electron chi connectivity index (χ2n) is 7.84. The van der Waals surface area contributed by atoms with Gasteiger partial charge >= 0.3 is 0 Å². The minimum atomic E-state index is 0.422. The van der Waals surface area contributed by atoms with Gasteiger partial charge in [0.1, 0.15) is 12.4 Å². The van der Waals surface area contributed by atoms with E-state index in [9.17, 15) is 0 Å². The van der Waals surface area contributed by atoms with Crippen molar-refractivity contribution in [2.24, 2.45) is 0 Å². The van der Waals surface area contributed by atoms with E-state index in [-0.39, 0.29) is 0 Å². The van der Waals surface area contributed by atoms with E-state index < -0.39 is 0 Å². The Labute approximate surface area is 179 Å². The molecule has 30 heavy (non-hydrogen) atoms. The summed E-state index contributed by atoms with van der Waals surface area (Å²) < 4.78 is 6.25. The van der Waals surface area contributed by atoms with Crippen LogP contribution in [-0.4, -0.2) is 6.04 Å². The lowest BCUT2D eigenvalue weighted by atomic mass is 10.0. The minimum Gasteiger partial charge on any atom is -0.489 e. The van der Waals surface area contributed by atoms with Gasteiger partial charge in [0, 0.05) is 18.2 Å². The van der Waals surface area contributed by atoms with E-state index in [2.05, 4.69) is 103 Å². The molecule has 0 aromatic heterocycles. The predicted octanol–water partition coefficient (Wildman–Crippen LogP) is 6.53. The molecular formula is C28H29NO. The highest BCUT2D eigenvalue weighted by Crippen LogP contribution is 2.29. The summed E-state index contributed by atoms with van der Waals surface area (Å²) in [5.74, 6) is 0.959. The molecule has 0 radical (unpaired) electrons. The van der Waals surface area contributed by atoms with Gasteiger partial charge in [-0.2, -0.15) is 0 Å². The fourth-order valence-corrected chi connectivity index (χ4v) is 3.78. The Balaban J connectivity index is 1.46. The molecule has 1 N–H and O–H groups in total. The van der Waals surface area contributed by atoms with Gasteiger partial charge in [-0.25, -0.2) is 0 Å². The zero-order chi connectivity index (χ0) is 20.6. The highest BCUT2D eigenvalue weighted by atomic mass is 16.5. The Kier molecular flexibility index (Phi) is 6.79. The number of fused-ring (bicyclic) bond motifs is 1. The van der Waals surface area contributed by atoms with Gasteiger partial charge in [0.05, 0.1) is 0 Å². The van der Waals surface area contributed by atoms with Crippen molar-refractivity contribution in [1.29, 1.82) is 0 Å². The topological polar surface area (TPSA) is 21.3 Å². The van der Waals surface area contributed by atoms with Crippen molar-refractivity contribution < 1.29 is 4.74 Å². The normalized spacial score (nSPS) is 12.0. The molecule has 0 bridgehead atoms. The minimum absolute atomic E-state index is 0.422. The Morgan fingerprint density at radius 2 is 1.40 bits per heavy atom. The van der Waals surface area contributed by atoms with E-state index in [0.29, 0.717) is 12.6 Å². The third kappa shape index (κ3) is 5.28. The molecule has 4 aromatic rings. The van der Waals surface area contributed by atoms with Gasteiger partial charge in [-0.1, -0.05) is 91.0 Å².